The molecule has 0 bridgehead atoms. The summed E-state index contributed by atoms with van der Waals surface area (Å²) in [5, 5.41) is 9.48. The van der Waals surface area contributed by atoms with E-state index in [9.17, 15) is 0 Å². The maximum Gasteiger partial charge on any atom is 0.125 e. The third-order valence-electron chi connectivity index (χ3n) is 1.70. The van der Waals surface area contributed by atoms with Crippen LogP contribution in [0.15, 0.2) is 18.2 Å². The quantitative estimate of drug-likeness (QED) is 0.776. The second-order valence-corrected chi connectivity index (χ2v) is 3.80. The Morgan fingerprint density at radius 2 is 2.21 bits per heavy atom. The Morgan fingerprint density at radius 1 is 1.50 bits per heavy atom. The molecule has 1 aromatic rings. The minimum Gasteiger partial charge on any atom is -0.491 e. The van der Waals surface area contributed by atoms with Gasteiger partial charge >= 0.3 is 0 Å². The SMILES string of the molecule is CC(C)Oc1cc(C#N)ccc1CBr. The summed E-state index contributed by atoms with van der Waals surface area (Å²) in [6.45, 7) is 3.94. The Balaban J connectivity index is 3.03. The highest BCUT2D eigenvalue weighted by atomic mass is 79.9. The third kappa shape index (κ3) is 2.74. The number of rotatable bonds is 3. The summed E-state index contributed by atoms with van der Waals surface area (Å²) in [5.41, 5.74) is 1.70. The van der Waals surface area contributed by atoms with E-state index < -0.39 is 0 Å². The molecule has 3 heteroatoms. The number of nitrogens with zero attached hydrogens (tertiary/aromatic N) is 1. The molecule has 2 nitrogen and oxygen atoms in total. The lowest BCUT2D eigenvalue weighted by Gasteiger charge is -2.13. The first-order chi connectivity index (χ1) is 6.67. The van der Waals surface area contributed by atoms with Crippen LogP contribution in [0.3, 0.4) is 0 Å². The second kappa shape index (κ2) is 5.02. The first-order valence-corrected chi connectivity index (χ1v) is 5.55. The van der Waals surface area contributed by atoms with Gasteiger partial charge in [-0.15, -0.1) is 0 Å². The van der Waals surface area contributed by atoms with Crippen molar-refractivity contribution in [3.05, 3.63) is 29.3 Å². The van der Waals surface area contributed by atoms with Crippen molar-refractivity contribution < 1.29 is 4.74 Å². The smallest absolute Gasteiger partial charge is 0.125 e. The van der Waals surface area contributed by atoms with Crippen molar-refractivity contribution in [3.8, 4) is 11.8 Å². The van der Waals surface area contributed by atoms with Crippen LogP contribution in [-0.4, -0.2) is 6.10 Å². The van der Waals surface area contributed by atoms with Crippen molar-refractivity contribution in [2.45, 2.75) is 25.3 Å². The Labute approximate surface area is 92.6 Å². The molecule has 0 saturated carbocycles. The average Bonchev–Trinajstić information content (AvgIpc) is 2.16. The summed E-state index contributed by atoms with van der Waals surface area (Å²) < 4.78 is 5.60. The van der Waals surface area contributed by atoms with Gasteiger partial charge in [-0.1, -0.05) is 22.0 Å². The maximum atomic E-state index is 8.74. The minimum absolute atomic E-state index is 0.127. The number of nitriles is 1. The Bertz CT molecular complexity index is 355. The summed E-state index contributed by atoms with van der Waals surface area (Å²) in [6, 6.07) is 7.57. The van der Waals surface area contributed by atoms with Gasteiger partial charge in [-0.25, -0.2) is 0 Å². The van der Waals surface area contributed by atoms with Gasteiger partial charge in [0.25, 0.3) is 0 Å². The number of benzene rings is 1. The number of ether oxygens (including phenoxy) is 1. The molecule has 0 spiro atoms. The Hall–Kier alpha value is -1.01. The van der Waals surface area contributed by atoms with Crippen LogP contribution in [0, 0.1) is 11.3 Å². The van der Waals surface area contributed by atoms with Crippen molar-refractivity contribution in [1.29, 1.82) is 5.26 Å². The Morgan fingerprint density at radius 3 is 2.71 bits per heavy atom. The fourth-order valence-corrected chi connectivity index (χ4v) is 1.56. The average molecular weight is 254 g/mol. The van der Waals surface area contributed by atoms with Gasteiger partial charge in [-0.3, -0.25) is 0 Å². The lowest BCUT2D eigenvalue weighted by atomic mass is 10.1. The zero-order valence-electron chi connectivity index (χ0n) is 8.25. The van der Waals surface area contributed by atoms with E-state index >= 15 is 0 Å². The van der Waals surface area contributed by atoms with Crippen LogP contribution in [0.5, 0.6) is 5.75 Å². The molecule has 0 fully saturated rings. The van der Waals surface area contributed by atoms with Crippen molar-refractivity contribution >= 4 is 15.9 Å². The predicted molar refractivity (Wildman–Crippen MR) is 59.6 cm³/mol. The van der Waals surface area contributed by atoms with Gasteiger partial charge in [0.1, 0.15) is 5.75 Å². The van der Waals surface area contributed by atoms with Gasteiger partial charge < -0.3 is 4.74 Å². The molecule has 74 valence electrons. The first-order valence-electron chi connectivity index (χ1n) is 4.43. The van der Waals surface area contributed by atoms with Crippen molar-refractivity contribution in [1.82, 2.24) is 0 Å². The van der Waals surface area contributed by atoms with Crippen LogP contribution in [-0.2, 0) is 5.33 Å². The summed E-state index contributed by atoms with van der Waals surface area (Å²) in [6.07, 6.45) is 0.127. The van der Waals surface area contributed by atoms with E-state index in [2.05, 4.69) is 22.0 Å². The van der Waals surface area contributed by atoms with Crippen LogP contribution in [0.1, 0.15) is 25.0 Å². The van der Waals surface area contributed by atoms with E-state index in [0.29, 0.717) is 5.56 Å². The molecule has 0 aliphatic rings. The number of alkyl halides is 1. The summed E-state index contributed by atoms with van der Waals surface area (Å²) >= 11 is 3.38. The van der Waals surface area contributed by atoms with Crippen LogP contribution >= 0.6 is 15.9 Å². The molecule has 1 rings (SSSR count). The molecule has 0 heterocycles. The van der Waals surface area contributed by atoms with Crippen LogP contribution in [0.2, 0.25) is 0 Å². The molecular weight excluding hydrogens is 242 g/mol. The minimum atomic E-state index is 0.127. The van der Waals surface area contributed by atoms with Crippen molar-refractivity contribution in [3.63, 3.8) is 0 Å². The van der Waals surface area contributed by atoms with Crippen molar-refractivity contribution in [2.75, 3.05) is 0 Å². The first kappa shape index (κ1) is 11.1. The van der Waals surface area contributed by atoms with Gasteiger partial charge in [0.15, 0.2) is 0 Å². The molecule has 0 atom stereocenters. The van der Waals surface area contributed by atoms with Crippen LogP contribution in [0.4, 0.5) is 0 Å². The standard InChI is InChI=1S/C11H12BrNO/c1-8(2)14-11-5-9(7-13)3-4-10(11)6-12/h3-5,8H,6H2,1-2H3. The molecule has 0 aliphatic carbocycles. The molecule has 0 amide bonds. The molecular formula is C11H12BrNO. The fourth-order valence-electron chi connectivity index (χ4n) is 1.10. The van der Waals surface area contributed by atoms with Gasteiger partial charge in [0.05, 0.1) is 17.7 Å². The maximum absolute atomic E-state index is 8.74. The van der Waals surface area contributed by atoms with Crippen molar-refractivity contribution in [2.24, 2.45) is 0 Å². The van der Waals surface area contributed by atoms with Crippen LogP contribution < -0.4 is 4.74 Å². The molecule has 1 aromatic carbocycles. The van der Waals surface area contributed by atoms with Gasteiger partial charge in [-0.05, 0) is 26.0 Å². The second-order valence-electron chi connectivity index (χ2n) is 3.23. The molecule has 0 saturated heterocycles. The topological polar surface area (TPSA) is 33.0 Å². The highest BCUT2D eigenvalue weighted by Crippen LogP contribution is 2.23. The van der Waals surface area contributed by atoms with E-state index in [4.69, 9.17) is 10.00 Å². The van der Waals surface area contributed by atoms with Gasteiger partial charge in [0, 0.05) is 10.9 Å². The lowest BCUT2D eigenvalue weighted by Crippen LogP contribution is -2.07. The predicted octanol–water partition coefficient (Wildman–Crippen LogP) is 3.24. The van der Waals surface area contributed by atoms with E-state index in [0.717, 1.165) is 16.6 Å². The highest BCUT2D eigenvalue weighted by Gasteiger charge is 2.05. The monoisotopic (exact) mass is 253 g/mol. The molecule has 0 aromatic heterocycles. The lowest BCUT2D eigenvalue weighted by molar-refractivity contribution is 0.240. The van der Waals surface area contributed by atoms with E-state index in [-0.39, 0.29) is 6.10 Å². The van der Waals surface area contributed by atoms with Gasteiger partial charge in [-0.2, -0.15) is 5.26 Å². The number of hydrogen-bond donors (Lipinski definition) is 0. The fraction of sp³-hybridized carbons (Fsp3) is 0.364. The molecule has 14 heavy (non-hydrogen) atoms. The van der Waals surface area contributed by atoms with Crippen LogP contribution in [0.25, 0.3) is 0 Å². The summed E-state index contributed by atoms with van der Waals surface area (Å²) in [7, 11) is 0. The molecule has 0 aliphatic heterocycles. The summed E-state index contributed by atoms with van der Waals surface area (Å²) in [4.78, 5) is 0. The highest BCUT2D eigenvalue weighted by molar-refractivity contribution is 9.08. The van der Waals surface area contributed by atoms with Gasteiger partial charge in [0.2, 0.25) is 0 Å². The van der Waals surface area contributed by atoms with E-state index in [1.165, 1.54) is 0 Å². The largest absolute Gasteiger partial charge is 0.491 e. The molecule has 0 N–H and O–H groups in total. The number of halogens is 1. The zero-order valence-corrected chi connectivity index (χ0v) is 9.84. The van der Waals surface area contributed by atoms with E-state index in [1.807, 2.05) is 19.9 Å². The summed E-state index contributed by atoms with van der Waals surface area (Å²) in [5.74, 6) is 0.788. The Kier molecular flexibility index (Phi) is 3.97. The third-order valence-corrected chi connectivity index (χ3v) is 2.31. The number of hydrogen-bond acceptors (Lipinski definition) is 2. The normalized spacial score (nSPS) is 9.93. The molecule has 0 radical (unpaired) electrons. The zero-order chi connectivity index (χ0) is 10.6. The van der Waals surface area contributed by atoms with E-state index in [1.54, 1.807) is 12.1 Å². The molecule has 0 unspecified atom stereocenters.